The van der Waals surface area contributed by atoms with E-state index in [4.69, 9.17) is 0 Å². The van der Waals surface area contributed by atoms with Crippen LogP contribution in [0, 0.1) is 17.3 Å². The quantitative estimate of drug-likeness (QED) is 0.573. The van der Waals surface area contributed by atoms with Crippen molar-refractivity contribution in [2.45, 2.75) is 58.8 Å². The molecule has 0 aromatic carbocycles. The molecule has 2 rings (SSSR count). The van der Waals surface area contributed by atoms with Crippen LogP contribution >= 0.6 is 0 Å². The van der Waals surface area contributed by atoms with Gasteiger partial charge in [0.2, 0.25) is 0 Å². The minimum atomic E-state index is 0.765. The van der Waals surface area contributed by atoms with E-state index in [1.165, 1.54) is 44.9 Å². The molecule has 1 saturated carbocycles. The summed E-state index contributed by atoms with van der Waals surface area (Å²) in [6, 6.07) is 0. The Labute approximate surface area is 88.8 Å². The summed E-state index contributed by atoms with van der Waals surface area (Å²) >= 11 is 0. The van der Waals surface area contributed by atoms with Gasteiger partial charge in [-0.1, -0.05) is 32.4 Å². The fraction of sp³-hybridized carbons (Fsp3) is 0.857. The molecule has 0 aliphatic heterocycles. The Kier molecular flexibility index (Phi) is 2.99. The Morgan fingerprint density at radius 1 is 1.36 bits per heavy atom. The first-order valence-electron chi connectivity index (χ1n) is 6.40. The van der Waals surface area contributed by atoms with Gasteiger partial charge in [-0.25, -0.2) is 0 Å². The first-order chi connectivity index (χ1) is 6.73. The topological polar surface area (TPSA) is 0 Å². The van der Waals surface area contributed by atoms with Crippen LogP contribution in [0.4, 0.5) is 0 Å². The molecule has 1 unspecified atom stereocenters. The van der Waals surface area contributed by atoms with Gasteiger partial charge in [-0.15, -0.1) is 0 Å². The largest absolute Gasteiger partial charge is 0.0882 e. The Morgan fingerprint density at radius 2 is 2.14 bits per heavy atom. The van der Waals surface area contributed by atoms with Crippen LogP contribution < -0.4 is 0 Å². The molecule has 14 heavy (non-hydrogen) atoms. The van der Waals surface area contributed by atoms with Gasteiger partial charge in [0.25, 0.3) is 0 Å². The minimum Gasteiger partial charge on any atom is -0.0882 e. The van der Waals surface area contributed by atoms with E-state index in [2.05, 4.69) is 26.0 Å². The predicted octanol–water partition coefficient (Wildman–Crippen LogP) is 4.56. The van der Waals surface area contributed by atoms with Gasteiger partial charge in [0.15, 0.2) is 0 Å². The molecule has 0 heteroatoms. The van der Waals surface area contributed by atoms with E-state index in [9.17, 15) is 0 Å². The number of hydrogen-bond acceptors (Lipinski definition) is 0. The standard InChI is InChI=1S/C14H24/c1-12(2)8-9-14(10-11-14)13-6-4-3-5-7-13/h4,6,12-13H,3,5,7-11H2,1-2H3. The molecule has 1 atom stereocenters. The molecule has 0 aromatic heterocycles. The fourth-order valence-electron chi connectivity index (χ4n) is 2.87. The number of rotatable bonds is 4. The smallest absolute Gasteiger partial charge is 0.0177 e. The molecule has 0 radical (unpaired) electrons. The van der Waals surface area contributed by atoms with Gasteiger partial charge in [0, 0.05) is 0 Å². The molecule has 2 aliphatic carbocycles. The molecule has 0 N–H and O–H groups in total. The maximum absolute atomic E-state index is 2.52. The lowest BCUT2D eigenvalue weighted by molar-refractivity contribution is 0.291. The van der Waals surface area contributed by atoms with Crippen LogP contribution in [0.1, 0.15) is 58.8 Å². The monoisotopic (exact) mass is 192 g/mol. The average molecular weight is 192 g/mol. The summed E-state index contributed by atoms with van der Waals surface area (Å²) in [4.78, 5) is 0. The van der Waals surface area contributed by atoms with Crippen molar-refractivity contribution in [1.29, 1.82) is 0 Å². The highest BCUT2D eigenvalue weighted by molar-refractivity contribution is 5.08. The molecular formula is C14H24. The molecule has 0 nitrogen and oxygen atoms in total. The molecule has 0 bridgehead atoms. The Morgan fingerprint density at radius 3 is 2.64 bits per heavy atom. The fourth-order valence-corrected chi connectivity index (χ4v) is 2.87. The van der Waals surface area contributed by atoms with E-state index in [1.54, 1.807) is 0 Å². The van der Waals surface area contributed by atoms with Crippen LogP contribution in [0.2, 0.25) is 0 Å². The zero-order valence-electron chi connectivity index (χ0n) is 9.76. The normalized spacial score (nSPS) is 29.5. The Bertz CT molecular complexity index is 208. The molecule has 0 spiro atoms. The summed E-state index contributed by atoms with van der Waals surface area (Å²) in [5.41, 5.74) is 0.765. The molecular weight excluding hydrogens is 168 g/mol. The third-order valence-corrected chi connectivity index (χ3v) is 4.15. The lowest BCUT2D eigenvalue weighted by Crippen LogP contribution is -2.16. The van der Waals surface area contributed by atoms with E-state index < -0.39 is 0 Å². The van der Waals surface area contributed by atoms with Crippen LogP contribution in [0.25, 0.3) is 0 Å². The third-order valence-electron chi connectivity index (χ3n) is 4.15. The van der Waals surface area contributed by atoms with Gasteiger partial charge in [-0.05, 0) is 55.8 Å². The Hall–Kier alpha value is -0.260. The van der Waals surface area contributed by atoms with E-state index in [0.29, 0.717) is 0 Å². The Balaban J connectivity index is 1.88. The summed E-state index contributed by atoms with van der Waals surface area (Å²) < 4.78 is 0. The summed E-state index contributed by atoms with van der Waals surface area (Å²) in [7, 11) is 0. The number of allylic oxidation sites excluding steroid dienone is 2. The van der Waals surface area contributed by atoms with Crippen molar-refractivity contribution in [2.24, 2.45) is 17.3 Å². The maximum Gasteiger partial charge on any atom is -0.0177 e. The minimum absolute atomic E-state index is 0.765. The predicted molar refractivity (Wildman–Crippen MR) is 62.2 cm³/mol. The third kappa shape index (κ3) is 2.21. The van der Waals surface area contributed by atoms with Crippen LogP contribution in [0.3, 0.4) is 0 Å². The molecule has 80 valence electrons. The highest BCUT2D eigenvalue weighted by atomic mass is 14.5. The van der Waals surface area contributed by atoms with Gasteiger partial charge >= 0.3 is 0 Å². The van der Waals surface area contributed by atoms with Crippen LogP contribution in [0.15, 0.2) is 12.2 Å². The van der Waals surface area contributed by atoms with Crippen molar-refractivity contribution in [3.63, 3.8) is 0 Å². The van der Waals surface area contributed by atoms with Crippen molar-refractivity contribution in [1.82, 2.24) is 0 Å². The molecule has 2 aliphatic rings. The highest BCUT2D eigenvalue weighted by Gasteiger charge is 2.47. The second-order valence-electron chi connectivity index (χ2n) is 5.76. The molecule has 0 aromatic rings. The molecule has 0 saturated heterocycles. The zero-order valence-corrected chi connectivity index (χ0v) is 9.76. The summed E-state index contributed by atoms with van der Waals surface area (Å²) in [5.74, 6) is 1.83. The van der Waals surface area contributed by atoms with Gasteiger partial charge in [0.05, 0.1) is 0 Å². The van der Waals surface area contributed by atoms with E-state index in [1.807, 2.05) is 0 Å². The van der Waals surface area contributed by atoms with Gasteiger partial charge < -0.3 is 0 Å². The van der Waals surface area contributed by atoms with Crippen molar-refractivity contribution in [3.05, 3.63) is 12.2 Å². The second-order valence-corrected chi connectivity index (χ2v) is 5.76. The second kappa shape index (κ2) is 4.08. The van der Waals surface area contributed by atoms with E-state index in [-0.39, 0.29) is 0 Å². The van der Waals surface area contributed by atoms with Gasteiger partial charge in [0.1, 0.15) is 0 Å². The molecule has 1 fully saturated rings. The number of hydrogen-bond donors (Lipinski definition) is 0. The van der Waals surface area contributed by atoms with Gasteiger partial charge in [-0.3, -0.25) is 0 Å². The van der Waals surface area contributed by atoms with Crippen molar-refractivity contribution >= 4 is 0 Å². The SMILES string of the molecule is CC(C)CCC1(C2C=CCCC2)CC1. The zero-order chi connectivity index (χ0) is 10.0. The van der Waals surface area contributed by atoms with Crippen molar-refractivity contribution in [3.8, 4) is 0 Å². The first-order valence-corrected chi connectivity index (χ1v) is 6.40. The first kappa shape index (κ1) is 10.3. The van der Waals surface area contributed by atoms with Crippen molar-refractivity contribution in [2.75, 3.05) is 0 Å². The summed E-state index contributed by atoms with van der Waals surface area (Å²) in [5, 5.41) is 0. The van der Waals surface area contributed by atoms with Crippen LogP contribution in [-0.4, -0.2) is 0 Å². The van der Waals surface area contributed by atoms with Crippen LogP contribution in [-0.2, 0) is 0 Å². The lowest BCUT2D eigenvalue weighted by atomic mass is 9.78. The van der Waals surface area contributed by atoms with Gasteiger partial charge in [-0.2, -0.15) is 0 Å². The average Bonchev–Trinajstić information content (AvgIpc) is 2.97. The van der Waals surface area contributed by atoms with Crippen LogP contribution in [0.5, 0.6) is 0 Å². The molecule has 0 amide bonds. The highest BCUT2D eigenvalue weighted by Crippen LogP contribution is 2.58. The van der Waals surface area contributed by atoms with E-state index >= 15 is 0 Å². The lowest BCUT2D eigenvalue weighted by Gasteiger charge is -2.27. The van der Waals surface area contributed by atoms with E-state index in [0.717, 1.165) is 17.3 Å². The summed E-state index contributed by atoms with van der Waals surface area (Å²) in [6.07, 6.45) is 15.1. The summed E-state index contributed by atoms with van der Waals surface area (Å²) in [6.45, 7) is 4.71. The van der Waals surface area contributed by atoms with Crippen molar-refractivity contribution < 1.29 is 0 Å². The molecule has 0 heterocycles. The maximum atomic E-state index is 2.52.